The molecule has 146 valence electrons. The zero-order chi connectivity index (χ0) is 20.4. The van der Waals surface area contributed by atoms with Crippen molar-refractivity contribution >= 4 is 28.8 Å². The second-order valence-electron chi connectivity index (χ2n) is 7.05. The Hall–Kier alpha value is -2.86. The van der Waals surface area contributed by atoms with Gasteiger partial charge in [-0.25, -0.2) is 4.98 Å². The molecule has 1 N–H and O–H groups in total. The van der Waals surface area contributed by atoms with Crippen molar-refractivity contribution in [3.63, 3.8) is 0 Å². The van der Waals surface area contributed by atoms with Crippen LogP contribution in [-0.4, -0.2) is 33.3 Å². The average Bonchev–Trinajstić information content (AvgIpc) is 2.66. The Bertz CT molecular complexity index is 1090. The monoisotopic (exact) mass is 398 g/mol. The first-order valence-corrected chi connectivity index (χ1v) is 9.43. The summed E-state index contributed by atoms with van der Waals surface area (Å²) in [5.74, 6) is -0.0184. The summed E-state index contributed by atoms with van der Waals surface area (Å²) in [5.41, 5.74) is 3.32. The van der Waals surface area contributed by atoms with E-state index in [1.165, 1.54) is 10.5 Å². The summed E-state index contributed by atoms with van der Waals surface area (Å²) < 4.78 is 1.41. The van der Waals surface area contributed by atoms with Gasteiger partial charge in [0.25, 0.3) is 11.5 Å². The molecule has 3 aromatic rings. The van der Waals surface area contributed by atoms with Crippen LogP contribution in [0, 0.1) is 6.92 Å². The Morgan fingerprint density at radius 1 is 1.25 bits per heavy atom. The van der Waals surface area contributed by atoms with Gasteiger partial charge in [-0.2, -0.15) is 0 Å². The Morgan fingerprint density at radius 2 is 2.00 bits per heavy atom. The van der Waals surface area contributed by atoms with Crippen LogP contribution < -0.4 is 10.9 Å². The molecular weight excluding hydrogens is 376 g/mol. The number of carbonyl (C=O) groups excluding carboxylic acids is 1. The van der Waals surface area contributed by atoms with Crippen molar-refractivity contribution in [3.05, 3.63) is 74.8 Å². The SMILES string of the molecule is Cc1ccc(NCc2cc(=O)n3cc(Cl)ccc3n2)cc1C(=O)N(C)C(C)C. The molecule has 0 fully saturated rings. The van der Waals surface area contributed by atoms with Gasteiger partial charge < -0.3 is 10.2 Å². The fraction of sp³-hybridized carbons (Fsp3) is 0.286. The average molecular weight is 399 g/mol. The number of rotatable bonds is 5. The Balaban J connectivity index is 1.82. The number of hydrogen-bond donors (Lipinski definition) is 1. The minimum atomic E-state index is -0.192. The summed E-state index contributed by atoms with van der Waals surface area (Å²) in [7, 11) is 1.80. The molecule has 0 aliphatic carbocycles. The number of nitrogens with one attached hydrogen (secondary N) is 1. The van der Waals surface area contributed by atoms with E-state index in [9.17, 15) is 9.59 Å². The second kappa shape index (κ2) is 8.02. The second-order valence-corrected chi connectivity index (χ2v) is 7.49. The van der Waals surface area contributed by atoms with E-state index in [0.29, 0.717) is 28.5 Å². The maximum atomic E-state index is 12.7. The van der Waals surface area contributed by atoms with Gasteiger partial charge in [0.2, 0.25) is 0 Å². The number of aryl methyl sites for hydroxylation is 1. The van der Waals surface area contributed by atoms with Crippen LogP contribution in [0.15, 0.2) is 47.4 Å². The van der Waals surface area contributed by atoms with Gasteiger partial charge in [-0.05, 0) is 50.6 Å². The summed E-state index contributed by atoms with van der Waals surface area (Å²) in [6.45, 7) is 6.24. The highest BCUT2D eigenvalue weighted by molar-refractivity contribution is 6.30. The van der Waals surface area contributed by atoms with E-state index in [1.807, 2.05) is 39.0 Å². The molecule has 0 spiro atoms. The minimum absolute atomic E-state index is 0.0184. The first kappa shape index (κ1) is 19.9. The maximum Gasteiger partial charge on any atom is 0.258 e. The van der Waals surface area contributed by atoms with Crippen LogP contribution >= 0.6 is 11.6 Å². The topological polar surface area (TPSA) is 66.7 Å². The third-order valence-electron chi connectivity index (χ3n) is 4.71. The highest BCUT2D eigenvalue weighted by atomic mass is 35.5. The molecule has 28 heavy (non-hydrogen) atoms. The molecule has 1 aromatic carbocycles. The number of pyridine rings is 1. The van der Waals surface area contributed by atoms with E-state index in [-0.39, 0.29) is 17.5 Å². The van der Waals surface area contributed by atoms with Crippen molar-refractivity contribution in [1.82, 2.24) is 14.3 Å². The molecule has 0 aliphatic heterocycles. The molecule has 0 aliphatic rings. The summed E-state index contributed by atoms with van der Waals surface area (Å²) in [6.07, 6.45) is 1.55. The quantitative estimate of drug-likeness (QED) is 0.710. The van der Waals surface area contributed by atoms with E-state index >= 15 is 0 Å². The smallest absolute Gasteiger partial charge is 0.258 e. The van der Waals surface area contributed by atoms with Gasteiger partial charge in [-0.1, -0.05) is 17.7 Å². The molecule has 0 bridgehead atoms. The zero-order valence-corrected chi connectivity index (χ0v) is 17.1. The van der Waals surface area contributed by atoms with E-state index < -0.39 is 0 Å². The predicted octanol–water partition coefficient (Wildman–Crippen LogP) is 3.75. The van der Waals surface area contributed by atoms with Crippen molar-refractivity contribution in [2.75, 3.05) is 12.4 Å². The summed E-state index contributed by atoms with van der Waals surface area (Å²) in [6, 6.07) is 10.7. The molecular formula is C21H23ClN4O2. The number of aromatic nitrogens is 2. The Kier molecular flexibility index (Phi) is 5.70. The number of amides is 1. The van der Waals surface area contributed by atoms with Crippen LogP contribution in [0.2, 0.25) is 5.02 Å². The Morgan fingerprint density at radius 3 is 2.71 bits per heavy atom. The standard InChI is InChI=1S/C21H23ClN4O2/c1-13(2)25(4)21(28)18-9-16(7-5-14(18)3)23-11-17-10-20(27)26-12-15(22)6-8-19(26)24-17/h5-10,12-13,23H,11H2,1-4H3. The number of carbonyl (C=O) groups is 1. The molecule has 1 amide bonds. The molecule has 0 saturated carbocycles. The lowest BCUT2D eigenvalue weighted by Crippen LogP contribution is -2.33. The van der Waals surface area contributed by atoms with Crippen molar-refractivity contribution in [1.29, 1.82) is 0 Å². The molecule has 0 radical (unpaired) electrons. The Labute approximate surface area is 168 Å². The molecule has 2 heterocycles. The van der Waals surface area contributed by atoms with Crippen molar-refractivity contribution in [2.45, 2.75) is 33.4 Å². The van der Waals surface area contributed by atoms with Crippen LogP contribution in [-0.2, 0) is 6.54 Å². The number of benzene rings is 1. The highest BCUT2D eigenvalue weighted by Gasteiger charge is 2.17. The molecule has 3 rings (SSSR count). The fourth-order valence-corrected chi connectivity index (χ4v) is 2.96. The lowest BCUT2D eigenvalue weighted by molar-refractivity contribution is 0.0754. The van der Waals surface area contributed by atoms with Crippen LogP contribution in [0.1, 0.15) is 35.5 Å². The molecule has 7 heteroatoms. The summed E-state index contributed by atoms with van der Waals surface area (Å²) >= 11 is 5.94. The van der Waals surface area contributed by atoms with E-state index in [0.717, 1.165) is 11.3 Å². The first-order valence-electron chi connectivity index (χ1n) is 9.06. The van der Waals surface area contributed by atoms with Gasteiger partial charge in [-0.15, -0.1) is 0 Å². The minimum Gasteiger partial charge on any atom is -0.379 e. The van der Waals surface area contributed by atoms with Gasteiger partial charge in [0.15, 0.2) is 0 Å². The number of halogens is 1. The van der Waals surface area contributed by atoms with Gasteiger partial charge in [-0.3, -0.25) is 14.0 Å². The predicted molar refractivity (Wildman–Crippen MR) is 112 cm³/mol. The van der Waals surface area contributed by atoms with Crippen LogP contribution in [0.4, 0.5) is 5.69 Å². The summed E-state index contributed by atoms with van der Waals surface area (Å²) in [5, 5.41) is 3.72. The zero-order valence-electron chi connectivity index (χ0n) is 16.4. The third-order valence-corrected chi connectivity index (χ3v) is 4.94. The summed E-state index contributed by atoms with van der Waals surface area (Å²) in [4.78, 5) is 31.2. The fourth-order valence-electron chi connectivity index (χ4n) is 2.80. The van der Waals surface area contributed by atoms with Crippen molar-refractivity contribution in [3.8, 4) is 0 Å². The third kappa shape index (κ3) is 4.17. The number of nitrogens with zero attached hydrogens (tertiary/aromatic N) is 3. The maximum absolute atomic E-state index is 12.7. The van der Waals surface area contributed by atoms with E-state index in [2.05, 4.69) is 10.3 Å². The van der Waals surface area contributed by atoms with Gasteiger partial charge in [0.1, 0.15) is 5.65 Å². The lowest BCUT2D eigenvalue weighted by atomic mass is 10.1. The van der Waals surface area contributed by atoms with Gasteiger partial charge >= 0.3 is 0 Å². The molecule has 0 unspecified atom stereocenters. The normalized spacial score (nSPS) is 11.1. The number of fused-ring (bicyclic) bond motifs is 1. The van der Waals surface area contributed by atoms with Gasteiger partial charge in [0.05, 0.1) is 17.3 Å². The van der Waals surface area contributed by atoms with Crippen molar-refractivity contribution in [2.24, 2.45) is 0 Å². The van der Waals surface area contributed by atoms with Gasteiger partial charge in [0, 0.05) is 36.6 Å². The van der Waals surface area contributed by atoms with Crippen LogP contribution in [0.3, 0.4) is 0 Å². The molecule has 2 aromatic heterocycles. The van der Waals surface area contributed by atoms with E-state index in [1.54, 1.807) is 30.3 Å². The number of hydrogen-bond acceptors (Lipinski definition) is 4. The largest absolute Gasteiger partial charge is 0.379 e. The number of anilines is 1. The highest BCUT2D eigenvalue weighted by Crippen LogP contribution is 2.18. The van der Waals surface area contributed by atoms with Crippen molar-refractivity contribution < 1.29 is 4.79 Å². The van der Waals surface area contributed by atoms with Crippen LogP contribution in [0.5, 0.6) is 0 Å². The molecule has 6 nitrogen and oxygen atoms in total. The van der Waals surface area contributed by atoms with Crippen LogP contribution in [0.25, 0.3) is 5.65 Å². The van der Waals surface area contributed by atoms with E-state index in [4.69, 9.17) is 11.6 Å². The molecule has 0 saturated heterocycles. The molecule has 0 atom stereocenters. The lowest BCUT2D eigenvalue weighted by Gasteiger charge is -2.22. The first-order chi connectivity index (χ1) is 13.3.